The molecule has 96 valence electrons. The number of hydrogen-bond acceptors (Lipinski definition) is 3. The third-order valence-electron chi connectivity index (χ3n) is 3.38. The third kappa shape index (κ3) is 5.28. The molecule has 1 fully saturated rings. The molecule has 0 amide bonds. The Bertz CT molecular complexity index is 158. The molecule has 0 aromatic rings. The summed E-state index contributed by atoms with van der Waals surface area (Å²) in [5, 5.41) is 0. The van der Waals surface area contributed by atoms with Crippen LogP contribution in [0.1, 0.15) is 45.4 Å². The van der Waals surface area contributed by atoms with Gasteiger partial charge >= 0.3 is 0 Å². The lowest BCUT2D eigenvalue weighted by Gasteiger charge is -2.34. The predicted octanol–water partition coefficient (Wildman–Crippen LogP) is 2.01. The van der Waals surface area contributed by atoms with E-state index >= 15 is 0 Å². The standard InChI is InChI=1S/C13H28N2O/c1-2-11-16-12-10-15(9-8-14)13-6-4-3-5-7-13/h13H,2-12,14H2,1H3. The van der Waals surface area contributed by atoms with Crippen molar-refractivity contribution in [3.8, 4) is 0 Å². The molecular weight excluding hydrogens is 200 g/mol. The lowest BCUT2D eigenvalue weighted by molar-refractivity contribution is 0.0781. The summed E-state index contributed by atoms with van der Waals surface area (Å²) >= 11 is 0. The Morgan fingerprint density at radius 1 is 1.12 bits per heavy atom. The van der Waals surface area contributed by atoms with Crippen molar-refractivity contribution in [2.75, 3.05) is 32.8 Å². The summed E-state index contributed by atoms with van der Waals surface area (Å²) in [6.45, 7) is 6.76. The van der Waals surface area contributed by atoms with Crippen LogP contribution in [0.2, 0.25) is 0 Å². The van der Waals surface area contributed by atoms with E-state index in [1.807, 2.05) is 0 Å². The van der Waals surface area contributed by atoms with Crippen LogP contribution in [0, 0.1) is 0 Å². The van der Waals surface area contributed by atoms with Gasteiger partial charge in [-0.15, -0.1) is 0 Å². The molecule has 1 aliphatic carbocycles. The average Bonchev–Trinajstić information content (AvgIpc) is 2.34. The van der Waals surface area contributed by atoms with E-state index in [1.165, 1.54) is 32.1 Å². The van der Waals surface area contributed by atoms with E-state index in [4.69, 9.17) is 10.5 Å². The fourth-order valence-electron chi connectivity index (χ4n) is 2.52. The quantitative estimate of drug-likeness (QED) is 0.646. The second kappa shape index (κ2) is 8.97. The number of hydrogen-bond donors (Lipinski definition) is 1. The molecule has 0 atom stereocenters. The van der Waals surface area contributed by atoms with Gasteiger partial charge in [0, 0.05) is 32.3 Å². The molecule has 16 heavy (non-hydrogen) atoms. The molecule has 0 aromatic heterocycles. The van der Waals surface area contributed by atoms with Crippen LogP contribution in [0.25, 0.3) is 0 Å². The van der Waals surface area contributed by atoms with Gasteiger partial charge in [0.25, 0.3) is 0 Å². The topological polar surface area (TPSA) is 38.5 Å². The van der Waals surface area contributed by atoms with Gasteiger partial charge in [-0.1, -0.05) is 26.2 Å². The molecule has 0 saturated heterocycles. The Morgan fingerprint density at radius 2 is 1.88 bits per heavy atom. The van der Waals surface area contributed by atoms with Crippen molar-refractivity contribution in [3.63, 3.8) is 0 Å². The Labute approximate surface area is 100 Å². The van der Waals surface area contributed by atoms with Crippen LogP contribution in [0.3, 0.4) is 0 Å². The molecule has 3 heteroatoms. The zero-order valence-corrected chi connectivity index (χ0v) is 10.8. The van der Waals surface area contributed by atoms with Crippen LogP contribution >= 0.6 is 0 Å². The maximum Gasteiger partial charge on any atom is 0.0593 e. The van der Waals surface area contributed by atoms with Gasteiger partial charge in [0.1, 0.15) is 0 Å². The van der Waals surface area contributed by atoms with Crippen LogP contribution in [0.4, 0.5) is 0 Å². The number of nitrogens with zero attached hydrogens (tertiary/aromatic N) is 1. The van der Waals surface area contributed by atoms with Gasteiger partial charge in [-0.05, 0) is 19.3 Å². The van der Waals surface area contributed by atoms with Gasteiger partial charge in [-0.25, -0.2) is 0 Å². The van der Waals surface area contributed by atoms with Crippen LogP contribution in [-0.2, 0) is 4.74 Å². The molecule has 0 unspecified atom stereocenters. The molecular formula is C13H28N2O. The first-order chi connectivity index (χ1) is 7.88. The molecule has 1 rings (SSSR count). The van der Waals surface area contributed by atoms with Gasteiger partial charge in [0.15, 0.2) is 0 Å². The molecule has 0 spiro atoms. The van der Waals surface area contributed by atoms with Crippen LogP contribution in [0.15, 0.2) is 0 Å². The molecule has 1 saturated carbocycles. The Hall–Kier alpha value is -0.120. The minimum atomic E-state index is 0.766. The molecule has 2 N–H and O–H groups in total. The number of rotatable bonds is 8. The second-order valence-corrected chi connectivity index (χ2v) is 4.73. The van der Waals surface area contributed by atoms with Crippen molar-refractivity contribution in [1.29, 1.82) is 0 Å². The maximum absolute atomic E-state index is 5.68. The van der Waals surface area contributed by atoms with Crippen molar-refractivity contribution in [2.45, 2.75) is 51.5 Å². The highest BCUT2D eigenvalue weighted by atomic mass is 16.5. The molecule has 0 bridgehead atoms. The van der Waals surface area contributed by atoms with Gasteiger partial charge in [-0.3, -0.25) is 4.90 Å². The van der Waals surface area contributed by atoms with Crippen LogP contribution < -0.4 is 5.73 Å². The van der Waals surface area contributed by atoms with Crippen molar-refractivity contribution < 1.29 is 4.74 Å². The highest BCUT2D eigenvalue weighted by Gasteiger charge is 2.19. The first-order valence-corrected chi connectivity index (χ1v) is 6.90. The minimum absolute atomic E-state index is 0.766. The van der Waals surface area contributed by atoms with E-state index in [2.05, 4.69) is 11.8 Å². The van der Waals surface area contributed by atoms with E-state index < -0.39 is 0 Å². The summed E-state index contributed by atoms with van der Waals surface area (Å²) in [6.07, 6.45) is 8.02. The van der Waals surface area contributed by atoms with Gasteiger partial charge < -0.3 is 10.5 Å². The zero-order chi connectivity index (χ0) is 11.6. The maximum atomic E-state index is 5.68. The van der Waals surface area contributed by atoms with Gasteiger partial charge in [0.05, 0.1) is 6.61 Å². The summed E-state index contributed by atoms with van der Waals surface area (Å²) in [7, 11) is 0. The summed E-state index contributed by atoms with van der Waals surface area (Å²) in [6, 6.07) is 0.766. The Morgan fingerprint density at radius 3 is 2.50 bits per heavy atom. The average molecular weight is 228 g/mol. The molecule has 3 nitrogen and oxygen atoms in total. The minimum Gasteiger partial charge on any atom is -0.380 e. The first kappa shape index (κ1) is 13.9. The highest BCUT2D eigenvalue weighted by Crippen LogP contribution is 2.22. The van der Waals surface area contributed by atoms with Crippen LogP contribution in [-0.4, -0.2) is 43.8 Å². The lowest BCUT2D eigenvalue weighted by atomic mass is 9.94. The predicted molar refractivity (Wildman–Crippen MR) is 68.6 cm³/mol. The normalized spacial score (nSPS) is 18.2. The number of ether oxygens (including phenoxy) is 1. The van der Waals surface area contributed by atoms with Crippen molar-refractivity contribution in [3.05, 3.63) is 0 Å². The van der Waals surface area contributed by atoms with E-state index in [9.17, 15) is 0 Å². The summed E-state index contributed by atoms with van der Waals surface area (Å²) in [5.74, 6) is 0. The van der Waals surface area contributed by atoms with Crippen LogP contribution in [0.5, 0.6) is 0 Å². The molecule has 1 aliphatic rings. The van der Waals surface area contributed by atoms with Crippen molar-refractivity contribution in [1.82, 2.24) is 4.90 Å². The highest BCUT2D eigenvalue weighted by molar-refractivity contribution is 4.75. The molecule has 0 aliphatic heterocycles. The van der Waals surface area contributed by atoms with E-state index in [0.29, 0.717) is 0 Å². The zero-order valence-electron chi connectivity index (χ0n) is 10.8. The SMILES string of the molecule is CCCOCCN(CCN)C1CCCCC1. The van der Waals surface area contributed by atoms with E-state index in [0.717, 1.165) is 45.3 Å². The van der Waals surface area contributed by atoms with Crippen molar-refractivity contribution >= 4 is 0 Å². The Balaban J connectivity index is 2.22. The van der Waals surface area contributed by atoms with Gasteiger partial charge in [-0.2, -0.15) is 0 Å². The first-order valence-electron chi connectivity index (χ1n) is 6.90. The lowest BCUT2D eigenvalue weighted by Crippen LogP contribution is -2.41. The Kier molecular flexibility index (Phi) is 7.81. The smallest absolute Gasteiger partial charge is 0.0593 e. The molecule has 0 radical (unpaired) electrons. The number of nitrogens with two attached hydrogens (primary N) is 1. The summed E-state index contributed by atoms with van der Waals surface area (Å²) in [4.78, 5) is 2.54. The monoisotopic (exact) mass is 228 g/mol. The summed E-state index contributed by atoms with van der Waals surface area (Å²) < 4.78 is 5.57. The second-order valence-electron chi connectivity index (χ2n) is 4.73. The largest absolute Gasteiger partial charge is 0.380 e. The van der Waals surface area contributed by atoms with E-state index in [1.54, 1.807) is 0 Å². The van der Waals surface area contributed by atoms with Crippen molar-refractivity contribution in [2.24, 2.45) is 5.73 Å². The fraction of sp³-hybridized carbons (Fsp3) is 1.00. The molecule has 0 aromatic carbocycles. The summed E-state index contributed by atoms with van der Waals surface area (Å²) in [5.41, 5.74) is 5.68. The molecule has 0 heterocycles. The fourth-order valence-corrected chi connectivity index (χ4v) is 2.52. The van der Waals surface area contributed by atoms with Gasteiger partial charge in [0.2, 0.25) is 0 Å². The third-order valence-corrected chi connectivity index (χ3v) is 3.38. The van der Waals surface area contributed by atoms with E-state index in [-0.39, 0.29) is 0 Å².